The van der Waals surface area contributed by atoms with Gasteiger partial charge in [-0.2, -0.15) is 0 Å². The summed E-state index contributed by atoms with van der Waals surface area (Å²) in [5.74, 6) is 0.856. The molecule has 0 saturated carbocycles. The first kappa shape index (κ1) is 17.0. The van der Waals surface area contributed by atoms with Crippen molar-refractivity contribution in [2.45, 2.75) is 38.3 Å². The summed E-state index contributed by atoms with van der Waals surface area (Å²) in [7, 11) is 0. The maximum atomic E-state index is 12.9. The minimum atomic E-state index is -0.0356. The van der Waals surface area contributed by atoms with Crippen LogP contribution in [0.15, 0.2) is 34.7 Å². The average molecular weight is 348 g/mol. The number of fused-ring (bicyclic) bond motifs is 2. The van der Waals surface area contributed by atoms with Gasteiger partial charge in [-0.05, 0) is 38.3 Å². The number of nitrogens with zero attached hydrogens (tertiary/aromatic N) is 2. The van der Waals surface area contributed by atoms with E-state index in [0.29, 0.717) is 29.4 Å². The summed E-state index contributed by atoms with van der Waals surface area (Å²) in [6.07, 6.45) is 3.40. The summed E-state index contributed by atoms with van der Waals surface area (Å²) in [4.78, 5) is 19.2. The molecule has 0 spiro atoms. The van der Waals surface area contributed by atoms with E-state index in [1.54, 1.807) is 0 Å². The van der Waals surface area contributed by atoms with Crippen molar-refractivity contribution in [3.05, 3.63) is 41.8 Å². The molecule has 128 valence electrons. The van der Waals surface area contributed by atoms with Crippen LogP contribution in [-0.2, 0) is 0 Å². The maximum Gasteiger partial charge on any atom is 0.291 e. The molecule has 2 aliphatic heterocycles. The van der Waals surface area contributed by atoms with E-state index in [4.69, 9.17) is 4.42 Å². The molecular formula is C18H22ClN3O2. The summed E-state index contributed by atoms with van der Waals surface area (Å²) >= 11 is 0. The second-order valence-corrected chi connectivity index (χ2v) is 6.48. The molecule has 2 aromatic rings. The van der Waals surface area contributed by atoms with Crippen LogP contribution in [0.1, 0.15) is 35.5 Å². The minimum absolute atomic E-state index is 0. The lowest BCUT2D eigenvalue weighted by Gasteiger charge is -2.23. The van der Waals surface area contributed by atoms with Gasteiger partial charge < -0.3 is 14.6 Å². The second kappa shape index (κ2) is 6.95. The van der Waals surface area contributed by atoms with Crippen LogP contribution in [0.4, 0.5) is 0 Å². The predicted molar refractivity (Wildman–Crippen MR) is 94.4 cm³/mol. The Kier molecular flexibility index (Phi) is 4.92. The first-order chi connectivity index (χ1) is 11.2. The van der Waals surface area contributed by atoms with Crippen molar-refractivity contribution in [1.29, 1.82) is 0 Å². The van der Waals surface area contributed by atoms with E-state index in [2.05, 4.69) is 10.3 Å². The SMILES string of the molecule is Cc1nc(-c2ccccc2)oc1C(=O)N1CCC2CCC(C1)N2.Cl. The summed E-state index contributed by atoms with van der Waals surface area (Å²) < 4.78 is 5.81. The molecule has 6 heteroatoms. The highest BCUT2D eigenvalue weighted by Crippen LogP contribution is 2.25. The van der Waals surface area contributed by atoms with Crippen LogP contribution in [0.2, 0.25) is 0 Å². The van der Waals surface area contributed by atoms with Gasteiger partial charge in [-0.3, -0.25) is 4.79 Å². The van der Waals surface area contributed by atoms with Gasteiger partial charge in [0.05, 0.1) is 5.69 Å². The zero-order valence-electron chi connectivity index (χ0n) is 13.7. The molecule has 4 rings (SSSR count). The van der Waals surface area contributed by atoms with E-state index in [-0.39, 0.29) is 18.3 Å². The normalized spacial score (nSPS) is 22.8. The highest BCUT2D eigenvalue weighted by atomic mass is 35.5. The molecule has 1 aromatic carbocycles. The lowest BCUT2D eigenvalue weighted by Crippen LogP contribution is -2.39. The highest BCUT2D eigenvalue weighted by Gasteiger charge is 2.33. The topological polar surface area (TPSA) is 58.4 Å². The van der Waals surface area contributed by atoms with Gasteiger partial charge in [0.2, 0.25) is 11.7 Å². The van der Waals surface area contributed by atoms with Crippen molar-refractivity contribution in [3.63, 3.8) is 0 Å². The van der Waals surface area contributed by atoms with Crippen LogP contribution >= 0.6 is 12.4 Å². The monoisotopic (exact) mass is 347 g/mol. The number of oxazole rings is 1. The number of benzene rings is 1. The lowest BCUT2D eigenvalue weighted by molar-refractivity contribution is 0.0716. The Hall–Kier alpha value is -1.85. The molecule has 2 bridgehead atoms. The third-order valence-corrected chi connectivity index (χ3v) is 4.82. The Bertz CT molecular complexity index is 716. The van der Waals surface area contributed by atoms with Crippen LogP contribution in [0.25, 0.3) is 11.5 Å². The molecule has 1 N–H and O–H groups in total. The van der Waals surface area contributed by atoms with Crippen molar-refractivity contribution in [1.82, 2.24) is 15.2 Å². The number of aryl methyl sites for hydroxylation is 1. The molecule has 2 aliphatic rings. The van der Waals surface area contributed by atoms with Crippen LogP contribution in [0, 0.1) is 6.92 Å². The van der Waals surface area contributed by atoms with Crippen LogP contribution in [-0.4, -0.2) is 41.0 Å². The van der Waals surface area contributed by atoms with E-state index in [1.165, 1.54) is 6.42 Å². The maximum absolute atomic E-state index is 12.9. The summed E-state index contributed by atoms with van der Waals surface area (Å²) in [6, 6.07) is 10.7. The molecule has 2 unspecified atom stereocenters. The van der Waals surface area contributed by atoms with Gasteiger partial charge >= 0.3 is 0 Å². The van der Waals surface area contributed by atoms with Crippen LogP contribution < -0.4 is 5.32 Å². The fraction of sp³-hybridized carbons (Fsp3) is 0.444. The van der Waals surface area contributed by atoms with E-state index < -0.39 is 0 Å². The number of carbonyl (C=O) groups excluding carboxylic acids is 1. The molecule has 1 amide bonds. The first-order valence-electron chi connectivity index (χ1n) is 8.29. The average Bonchev–Trinajstić information content (AvgIpc) is 3.10. The Balaban J connectivity index is 0.00000169. The number of rotatable bonds is 2. The Morgan fingerprint density at radius 3 is 2.75 bits per heavy atom. The van der Waals surface area contributed by atoms with Crippen LogP contribution in [0.3, 0.4) is 0 Å². The van der Waals surface area contributed by atoms with Gasteiger partial charge in [-0.1, -0.05) is 18.2 Å². The number of hydrogen-bond donors (Lipinski definition) is 1. The number of likely N-dealkylation sites (tertiary alicyclic amines) is 1. The Morgan fingerprint density at radius 2 is 1.96 bits per heavy atom. The van der Waals surface area contributed by atoms with Gasteiger partial charge in [0.15, 0.2) is 0 Å². The summed E-state index contributed by atoms with van der Waals surface area (Å²) in [5, 5.41) is 3.59. The molecule has 2 fully saturated rings. The third-order valence-electron chi connectivity index (χ3n) is 4.82. The molecule has 2 saturated heterocycles. The van der Waals surface area contributed by atoms with E-state index in [1.807, 2.05) is 42.2 Å². The van der Waals surface area contributed by atoms with Gasteiger partial charge in [0, 0.05) is 30.7 Å². The predicted octanol–water partition coefficient (Wildman–Crippen LogP) is 3.04. The number of aromatic nitrogens is 1. The molecule has 0 radical (unpaired) electrons. The number of hydrogen-bond acceptors (Lipinski definition) is 4. The fourth-order valence-corrected chi connectivity index (χ4v) is 3.57. The van der Waals surface area contributed by atoms with Crippen molar-refractivity contribution >= 4 is 18.3 Å². The summed E-state index contributed by atoms with van der Waals surface area (Å²) in [6.45, 7) is 3.38. The first-order valence-corrected chi connectivity index (χ1v) is 8.29. The smallest absolute Gasteiger partial charge is 0.291 e. The van der Waals surface area contributed by atoms with E-state index in [9.17, 15) is 4.79 Å². The third kappa shape index (κ3) is 3.19. The molecule has 5 nitrogen and oxygen atoms in total. The molecule has 2 atom stereocenters. The lowest BCUT2D eigenvalue weighted by atomic mass is 10.1. The Labute approximate surface area is 147 Å². The minimum Gasteiger partial charge on any atom is -0.431 e. The number of carbonyl (C=O) groups is 1. The molecule has 1 aromatic heterocycles. The number of nitrogens with one attached hydrogen (secondary N) is 1. The van der Waals surface area contributed by atoms with Crippen molar-refractivity contribution in [2.24, 2.45) is 0 Å². The number of halogens is 1. The van der Waals surface area contributed by atoms with E-state index in [0.717, 1.165) is 31.5 Å². The fourth-order valence-electron chi connectivity index (χ4n) is 3.57. The van der Waals surface area contributed by atoms with Crippen LogP contribution in [0.5, 0.6) is 0 Å². The van der Waals surface area contributed by atoms with Gasteiger partial charge in [-0.15, -0.1) is 12.4 Å². The largest absolute Gasteiger partial charge is 0.431 e. The summed E-state index contributed by atoms with van der Waals surface area (Å²) in [5.41, 5.74) is 1.56. The van der Waals surface area contributed by atoms with Gasteiger partial charge in [0.1, 0.15) is 0 Å². The molecule has 3 heterocycles. The number of amides is 1. The molecule has 24 heavy (non-hydrogen) atoms. The van der Waals surface area contributed by atoms with Crippen molar-refractivity contribution < 1.29 is 9.21 Å². The second-order valence-electron chi connectivity index (χ2n) is 6.48. The van der Waals surface area contributed by atoms with Gasteiger partial charge in [0.25, 0.3) is 5.91 Å². The highest BCUT2D eigenvalue weighted by molar-refractivity contribution is 5.93. The standard InChI is InChI=1S/C18H21N3O2.ClH/c1-12-16(23-17(19-12)13-5-3-2-4-6-13)18(22)21-10-9-14-7-8-15(11-21)20-14;/h2-6,14-15,20H,7-11H2,1H3;1H. The zero-order valence-corrected chi connectivity index (χ0v) is 14.5. The zero-order chi connectivity index (χ0) is 15.8. The molecule has 0 aliphatic carbocycles. The van der Waals surface area contributed by atoms with Crippen molar-refractivity contribution in [3.8, 4) is 11.5 Å². The quantitative estimate of drug-likeness (QED) is 0.907. The van der Waals surface area contributed by atoms with E-state index >= 15 is 0 Å². The van der Waals surface area contributed by atoms with Crippen molar-refractivity contribution in [2.75, 3.05) is 13.1 Å². The molecular weight excluding hydrogens is 326 g/mol. The Morgan fingerprint density at radius 1 is 1.21 bits per heavy atom. The van der Waals surface area contributed by atoms with Gasteiger partial charge in [-0.25, -0.2) is 4.98 Å².